The molecule has 0 aliphatic heterocycles. The number of aliphatic hydroxyl groups is 1. The third-order valence-electron chi connectivity index (χ3n) is 2.29. The lowest BCUT2D eigenvalue weighted by atomic mass is 10.1. The van der Waals surface area contributed by atoms with Gasteiger partial charge in [0.05, 0.1) is 12.6 Å². The molecule has 1 aromatic carbocycles. The summed E-state index contributed by atoms with van der Waals surface area (Å²) in [5.41, 5.74) is 1.20. The van der Waals surface area contributed by atoms with E-state index in [1.807, 2.05) is 0 Å². The average molecular weight is 250 g/mol. The molecule has 1 unspecified atom stereocenters. The maximum Gasteiger partial charge on any atom is 0.255 e. The van der Waals surface area contributed by atoms with Crippen molar-refractivity contribution in [3.05, 3.63) is 28.8 Å². The Balaban J connectivity index is 2.88. The highest BCUT2D eigenvalue weighted by Crippen LogP contribution is 2.27. The number of hydrogen-bond acceptors (Lipinski definition) is 2. The molecular weight excluding hydrogens is 236 g/mol. The van der Waals surface area contributed by atoms with Crippen LogP contribution in [0, 0.1) is 0 Å². The van der Waals surface area contributed by atoms with E-state index in [2.05, 4.69) is 0 Å². The molecule has 0 heterocycles. The van der Waals surface area contributed by atoms with Crippen molar-refractivity contribution in [1.29, 1.82) is 0 Å². The van der Waals surface area contributed by atoms with Gasteiger partial charge in [-0.15, -0.1) is 0 Å². The second-order valence-electron chi connectivity index (χ2n) is 3.65. The van der Waals surface area contributed by atoms with Crippen LogP contribution in [0.2, 0.25) is 5.02 Å². The lowest BCUT2D eigenvalue weighted by molar-refractivity contribution is 0.156. The molecule has 0 saturated carbocycles. The predicted octanol–water partition coefficient (Wildman–Crippen LogP) is 3.09. The molecule has 0 aliphatic rings. The molecule has 0 fully saturated rings. The van der Waals surface area contributed by atoms with Gasteiger partial charge in [0.1, 0.15) is 0 Å². The highest BCUT2D eigenvalue weighted by molar-refractivity contribution is 6.31. The van der Waals surface area contributed by atoms with Gasteiger partial charge in [-0.2, -0.15) is 0 Å². The first kappa shape index (κ1) is 13.2. The fraction of sp³-hybridized carbons (Fsp3) is 0.455. The number of nitrogens with zero attached hydrogens (tertiary/aromatic N) is 1. The van der Waals surface area contributed by atoms with Crippen LogP contribution >= 0.6 is 11.6 Å². The lowest BCUT2D eigenvalue weighted by Gasteiger charge is -2.20. The normalized spacial score (nSPS) is 12.9. The van der Waals surface area contributed by atoms with Gasteiger partial charge in [-0.25, -0.2) is 8.78 Å². The van der Waals surface area contributed by atoms with E-state index < -0.39 is 12.5 Å². The molecule has 1 rings (SSSR count). The largest absolute Gasteiger partial charge is 0.389 e. The van der Waals surface area contributed by atoms with Crippen LogP contribution in [-0.4, -0.2) is 25.1 Å². The summed E-state index contributed by atoms with van der Waals surface area (Å²) in [7, 11) is 1.57. The predicted molar refractivity (Wildman–Crippen MR) is 61.4 cm³/mol. The summed E-state index contributed by atoms with van der Waals surface area (Å²) in [6.07, 6.45) is -3.05. The number of aliphatic hydroxyl groups excluding tert-OH is 1. The SMILES string of the molecule is CC(O)c1ccc(N(C)CC(F)F)cc1Cl. The van der Waals surface area contributed by atoms with Crippen LogP contribution in [0.15, 0.2) is 18.2 Å². The topological polar surface area (TPSA) is 23.5 Å². The van der Waals surface area contributed by atoms with E-state index in [0.29, 0.717) is 16.3 Å². The van der Waals surface area contributed by atoms with Crippen LogP contribution in [0.3, 0.4) is 0 Å². The van der Waals surface area contributed by atoms with Gasteiger partial charge >= 0.3 is 0 Å². The van der Waals surface area contributed by atoms with E-state index >= 15 is 0 Å². The van der Waals surface area contributed by atoms with Crippen LogP contribution < -0.4 is 4.90 Å². The van der Waals surface area contributed by atoms with Gasteiger partial charge in [0.15, 0.2) is 0 Å². The van der Waals surface area contributed by atoms with E-state index in [0.717, 1.165) is 0 Å². The maximum absolute atomic E-state index is 12.2. The van der Waals surface area contributed by atoms with Crippen molar-refractivity contribution in [3.8, 4) is 0 Å². The Bertz CT molecular complexity index is 358. The molecule has 0 radical (unpaired) electrons. The molecule has 1 atom stereocenters. The Morgan fingerprint density at radius 3 is 2.50 bits per heavy atom. The smallest absolute Gasteiger partial charge is 0.255 e. The summed E-state index contributed by atoms with van der Waals surface area (Å²) in [6.45, 7) is 1.26. The first-order valence-corrected chi connectivity index (χ1v) is 5.26. The Kier molecular flexibility index (Phi) is 4.50. The second-order valence-corrected chi connectivity index (χ2v) is 4.06. The molecule has 2 nitrogen and oxygen atoms in total. The molecule has 0 saturated heterocycles. The van der Waals surface area contributed by atoms with Gasteiger partial charge in [0.2, 0.25) is 0 Å². The van der Waals surface area contributed by atoms with Crippen molar-refractivity contribution in [2.75, 3.05) is 18.5 Å². The first-order valence-electron chi connectivity index (χ1n) is 4.88. The Morgan fingerprint density at radius 2 is 2.06 bits per heavy atom. The van der Waals surface area contributed by atoms with E-state index in [-0.39, 0.29) is 6.54 Å². The summed E-state index contributed by atoms with van der Waals surface area (Å²) in [5.74, 6) is 0. The molecule has 0 aliphatic carbocycles. The van der Waals surface area contributed by atoms with Gasteiger partial charge in [-0.3, -0.25) is 0 Å². The molecule has 16 heavy (non-hydrogen) atoms. The zero-order chi connectivity index (χ0) is 12.3. The number of halogens is 3. The third-order valence-corrected chi connectivity index (χ3v) is 2.61. The minimum absolute atomic E-state index is 0.343. The van der Waals surface area contributed by atoms with E-state index in [4.69, 9.17) is 11.6 Å². The first-order chi connectivity index (χ1) is 7.41. The molecule has 0 bridgehead atoms. The maximum atomic E-state index is 12.2. The van der Waals surface area contributed by atoms with Crippen LogP contribution in [0.25, 0.3) is 0 Å². The number of rotatable bonds is 4. The van der Waals surface area contributed by atoms with Crippen molar-refractivity contribution in [1.82, 2.24) is 0 Å². The molecule has 0 amide bonds. The number of hydrogen-bond donors (Lipinski definition) is 1. The van der Waals surface area contributed by atoms with Crippen molar-refractivity contribution < 1.29 is 13.9 Å². The van der Waals surface area contributed by atoms with Crippen molar-refractivity contribution in [2.45, 2.75) is 19.5 Å². The number of benzene rings is 1. The number of anilines is 1. The van der Waals surface area contributed by atoms with Gasteiger partial charge < -0.3 is 10.0 Å². The second kappa shape index (κ2) is 5.46. The quantitative estimate of drug-likeness (QED) is 0.886. The van der Waals surface area contributed by atoms with Gasteiger partial charge in [0, 0.05) is 17.8 Å². The minimum atomic E-state index is -2.39. The molecule has 0 spiro atoms. The summed E-state index contributed by atoms with van der Waals surface area (Å²) >= 11 is 5.93. The van der Waals surface area contributed by atoms with Crippen molar-refractivity contribution in [3.63, 3.8) is 0 Å². The molecule has 5 heteroatoms. The van der Waals surface area contributed by atoms with E-state index in [9.17, 15) is 13.9 Å². The van der Waals surface area contributed by atoms with Gasteiger partial charge in [-0.05, 0) is 24.6 Å². The minimum Gasteiger partial charge on any atom is -0.389 e. The van der Waals surface area contributed by atoms with Crippen LogP contribution in [0.1, 0.15) is 18.6 Å². The monoisotopic (exact) mass is 249 g/mol. The third kappa shape index (κ3) is 3.32. The highest BCUT2D eigenvalue weighted by Gasteiger charge is 2.11. The lowest BCUT2D eigenvalue weighted by Crippen LogP contribution is -2.23. The van der Waals surface area contributed by atoms with Gasteiger partial charge in [-0.1, -0.05) is 17.7 Å². The van der Waals surface area contributed by atoms with Gasteiger partial charge in [0.25, 0.3) is 6.43 Å². The van der Waals surface area contributed by atoms with E-state index in [1.54, 1.807) is 32.2 Å². The van der Waals surface area contributed by atoms with Crippen molar-refractivity contribution >= 4 is 17.3 Å². The summed E-state index contributed by atoms with van der Waals surface area (Å²) in [6, 6.07) is 4.88. The molecule has 1 N–H and O–H groups in total. The van der Waals surface area contributed by atoms with Crippen LogP contribution in [0.5, 0.6) is 0 Å². The Labute approximate surface area is 98.4 Å². The fourth-order valence-corrected chi connectivity index (χ4v) is 1.74. The zero-order valence-electron chi connectivity index (χ0n) is 9.12. The standard InChI is InChI=1S/C11H14ClF2NO/c1-7(16)9-4-3-8(5-10(9)12)15(2)6-11(13)14/h3-5,7,11,16H,6H2,1-2H3. The molecule has 0 aromatic heterocycles. The Morgan fingerprint density at radius 1 is 1.44 bits per heavy atom. The average Bonchev–Trinajstić information content (AvgIpc) is 2.15. The highest BCUT2D eigenvalue weighted by atomic mass is 35.5. The van der Waals surface area contributed by atoms with E-state index in [1.165, 1.54) is 4.90 Å². The van der Waals surface area contributed by atoms with Crippen LogP contribution in [0.4, 0.5) is 14.5 Å². The Hall–Kier alpha value is -0.870. The van der Waals surface area contributed by atoms with Crippen LogP contribution in [-0.2, 0) is 0 Å². The molecule has 1 aromatic rings. The summed E-state index contributed by atoms with van der Waals surface area (Å²) in [5, 5.41) is 9.74. The summed E-state index contributed by atoms with van der Waals surface area (Å²) in [4.78, 5) is 1.42. The molecule has 90 valence electrons. The molecular formula is C11H14ClF2NO. The van der Waals surface area contributed by atoms with Crippen molar-refractivity contribution in [2.24, 2.45) is 0 Å². The number of alkyl halides is 2. The zero-order valence-corrected chi connectivity index (χ0v) is 9.88. The summed E-state index contributed by atoms with van der Waals surface area (Å²) < 4.78 is 24.3. The fourth-order valence-electron chi connectivity index (χ4n) is 1.40.